The molecule has 1 aliphatic rings. The maximum absolute atomic E-state index is 12.6. The molecule has 1 N–H and O–H groups in total. The van der Waals surface area contributed by atoms with Crippen LogP contribution in [-0.2, 0) is 11.3 Å². The number of fused-ring (bicyclic) bond motifs is 1. The summed E-state index contributed by atoms with van der Waals surface area (Å²) in [5.74, 6) is 0.716. The Balaban J connectivity index is 1.66. The fourth-order valence-electron chi connectivity index (χ4n) is 3.17. The van der Waals surface area contributed by atoms with Crippen LogP contribution in [0.15, 0.2) is 36.4 Å². The summed E-state index contributed by atoms with van der Waals surface area (Å²) in [6.07, 6.45) is 0. The highest BCUT2D eigenvalue weighted by atomic mass is 16.7. The highest BCUT2D eigenvalue weighted by Crippen LogP contribution is 2.37. The number of carbonyl (C=O) groups excluding carboxylic acids is 2. The molecule has 0 unspecified atom stereocenters. The van der Waals surface area contributed by atoms with Crippen molar-refractivity contribution in [2.75, 3.05) is 44.2 Å². The van der Waals surface area contributed by atoms with Gasteiger partial charge in [0.2, 0.25) is 12.7 Å². The van der Waals surface area contributed by atoms with Gasteiger partial charge in [0, 0.05) is 38.0 Å². The van der Waals surface area contributed by atoms with E-state index in [0.29, 0.717) is 29.3 Å². The lowest BCUT2D eigenvalue weighted by Crippen LogP contribution is -2.33. The quantitative estimate of drug-likeness (QED) is 0.690. The lowest BCUT2D eigenvalue weighted by molar-refractivity contribution is -0.117. The minimum absolute atomic E-state index is 0.111. The second kappa shape index (κ2) is 8.96. The van der Waals surface area contributed by atoms with Crippen molar-refractivity contribution in [3.05, 3.63) is 47.5 Å². The Kier molecular flexibility index (Phi) is 6.39. The summed E-state index contributed by atoms with van der Waals surface area (Å²) in [6.45, 7) is 5.20. The van der Waals surface area contributed by atoms with Crippen LogP contribution in [0.2, 0.25) is 0 Å². The number of ether oxygens (including phenoxy) is 2. The second-order valence-corrected chi connectivity index (χ2v) is 7.22. The average molecular weight is 397 g/mol. The molecule has 0 fully saturated rings. The first-order chi connectivity index (χ1) is 13.9. The number of nitrogens with one attached hydrogen (secondary N) is 1. The number of anilines is 2. The van der Waals surface area contributed by atoms with Crippen molar-refractivity contribution in [3.63, 3.8) is 0 Å². The van der Waals surface area contributed by atoms with Crippen molar-refractivity contribution >= 4 is 23.1 Å². The fourth-order valence-corrected chi connectivity index (χ4v) is 3.17. The Labute approximate surface area is 171 Å². The fraction of sp³-hybridized carbons (Fsp3) is 0.364. The van der Waals surface area contributed by atoms with Crippen LogP contribution < -0.4 is 19.7 Å². The van der Waals surface area contributed by atoms with Gasteiger partial charge in [-0.25, -0.2) is 0 Å². The van der Waals surface area contributed by atoms with Crippen molar-refractivity contribution in [2.45, 2.75) is 20.4 Å². The van der Waals surface area contributed by atoms with Crippen LogP contribution in [0.5, 0.6) is 11.5 Å². The van der Waals surface area contributed by atoms with Crippen molar-refractivity contribution in [3.8, 4) is 11.5 Å². The Bertz CT molecular complexity index is 894. The third-order valence-corrected chi connectivity index (χ3v) is 4.84. The maximum atomic E-state index is 12.6. The van der Waals surface area contributed by atoms with Gasteiger partial charge in [-0.3, -0.25) is 14.5 Å². The zero-order valence-electron chi connectivity index (χ0n) is 17.3. The van der Waals surface area contributed by atoms with Gasteiger partial charge in [-0.1, -0.05) is 19.1 Å². The molecule has 0 saturated carbocycles. The van der Waals surface area contributed by atoms with Crippen LogP contribution in [0.3, 0.4) is 0 Å². The molecule has 7 nitrogen and oxygen atoms in total. The van der Waals surface area contributed by atoms with Gasteiger partial charge in [0.15, 0.2) is 17.3 Å². The lowest BCUT2D eigenvalue weighted by atomic mass is 10.1. The van der Waals surface area contributed by atoms with Crippen LogP contribution in [0, 0.1) is 0 Å². The number of amides is 1. The molecule has 0 bridgehead atoms. The molecule has 7 heteroatoms. The number of benzene rings is 2. The maximum Gasteiger partial charge on any atom is 0.238 e. The Morgan fingerprint density at radius 2 is 1.72 bits per heavy atom. The molecule has 0 radical (unpaired) electrons. The Hall–Kier alpha value is -3.06. The molecule has 1 amide bonds. The predicted molar refractivity (Wildman–Crippen MR) is 113 cm³/mol. The molecular weight excluding hydrogens is 370 g/mol. The third kappa shape index (κ3) is 5.06. The molecule has 29 heavy (non-hydrogen) atoms. The molecule has 0 spiro atoms. The summed E-state index contributed by atoms with van der Waals surface area (Å²) in [5.41, 5.74) is 3.12. The van der Waals surface area contributed by atoms with Crippen molar-refractivity contribution < 1.29 is 19.1 Å². The average Bonchev–Trinajstić information content (AvgIpc) is 3.14. The van der Waals surface area contributed by atoms with Crippen molar-refractivity contribution in [2.24, 2.45) is 0 Å². The number of rotatable bonds is 8. The number of likely N-dealkylation sites (N-methyl/N-ethyl adjacent to an activating group) is 1. The SMILES string of the molecule is CCN(CC(=O)Nc1cc2c(cc1C(C)=O)OCO2)Cc1ccc(N(C)C)cc1. The molecule has 0 aliphatic carbocycles. The Morgan fingerprint density at radius 1 is 1.07 bits per heavy atom. The van der Waals surface area contributed by atoms with Gasteiger partial charge >= 0.3 is 0 Å². The highest BCUT2D eigenvalue weighted by molar-refractivity contribution is 6.05. The smallest absolute Gasteiger partial charge is 0.238 e. The largest absolute Gasteiger partial charge is 0.454 e. The molecule has 154 valence electrons. The summed E-state index contributed by atoms with van der Waals surface area (Å²) in [6, 6.07) is 11.5. The molecule has 0 aromatic heterocycles. The summed E-state index contributed by atoms with van der Waals surface area (Å²) < 4.78 is 10.7. The first kappa shape index (κ1) is 20.7. The number of hydrogen-bond donors (Lipinski definition) is 1. The number of ketones is 1. The minimum Gasteiger partial charge on any atom is -0.454 e. The molecule has 1 heterocycles. The molecule has 0 atom stereocenters. The van der Waals surface area contributed by atoms with E-state index in [9.17, 15) is 9.59 Å². The van der Waals surface area contributed by atoms with Gasteiger partial charge in [-0.05, 0) is 37.2 Å². The van der Waals surface area contributed by atoms with E-state index in [1.54, 1.807) is 12.1 Å². The van der Waals surface area contributed by atoms with Crippen LogP contribution >= 0.6 is 0 Å². The normalized spacial score (nSPS) is 12.2. The number of Topliss-reactive ketones (excluding diaryl/α,β-unsaturated/α-hetero) is 1. The van der Waals surface area contributed by atoms with Crippen LogP contribution in [-0.4, -0.2) is 50.6 Å². The molecule has 2 aromatic carbocycles. The Morgan fingerprint density at radius 3 is 2.31 bits per heavy atom. The predicted octanol–water partition coefficient (Wildman–Crippen LogP) is 3.14. The van der Waals surface area contributed by atoms with Crippen molar-refractivity contribution in [1.82, 2.24) is 4.90 Å². The van der Waals surface area contributed by atoms with Gasteiger partial charge in [0.05, 0.1) is 12.2 Å². The van der Waals surface area contributed by atoms with Gasteiger partial charge in [-0.15, -0.1) is 0 Å². The molecule has 3 rings (SSSR count). The van der Waals surface area contributed by atoms with Gasteiger partial charge in [-0.2, -0.15) is 0 Å². The zero-order valence-corrected chi connectivity index (χ0v) is 17.3. The van der Waals surface area contributed by atoms with E-state index in [4.69, 9.17) is 9.47 Å². The van der Waals surface area contributed by atoms with E-state index < -0.39 is 0 Å². The summed E-state index contributed by atoms with van der Waals surface area (Å²) in [4.78, 5) is 28.7. The van der Waals surface area contributed by atoms with Gasteiger partial charge in [0.25, 0.3) is 0 Å². The van der Waals surface area contributed by atoms with E-state index in [0.717, 1.165) is 17.8 Å². The summed E-state index contributed by atoms with van der Waals surface area (Å²) in [7, 11) is 4.01. The molecule has 0 saturated heterocycles. The summed E-state index contributed by atoms with van der Waals surface area (Å²) >= 11 is 0. The van der Waals surface area contributed by atoms with E-state index in [2.05, 4.69) is 29.6 Å². The molecule has 2 aromatic rings. The number of hydrogen-bond acceptors (Lipinski definition) is 6. The highest BCUT2D eigenvalue weighted by Gasteiger charge is 2.21. The van der Waals surface area contributed by atoms with E-state index in [-0.39, 0.29) is 25.0 Å². The first-order valence-corrected chi connectivity index (χ1v) is 9.60. The van der Waals surface area contributed by atoms with Crippen LogP contribution in [0.1, 0.15) is 29.8 Å². The van der Waals surface area contributed by atoms with E-state index >= 15 is 0 Å². The zero-order chi connectivity index (χ0) is 21.0. The van der Waals surface area contributed by atoms with Crippen LogP contribution in [0.4, 0.5) is 11.4 Å². The molecular formula is C22H27N3O4. The minimum atomic E-state index is -0.182. The van der Waals surface area contributed by atoms with Crippen molar-refractivity contribution in [1.29, 1.82) is 0 Å². The monoisotopic (exact) mass is 397 g/mol. The van der Waals surface area contributed by atoms with Gasteiger partial charge in [0.1, 0.15) is 0 Å². The lowest BCUT2D eigenvalue weighted by Gasteiger charge is -2.21. The number of carbonyl (C=O) groups is 2. The third-order valence-electron chi connectivity index (χ3n) is 4.84. The van der Waals surface area contributed by atoms with Gasteiger partial charge < -0.3 is 19.7 Å². The van der Waals surface area contributed by atoms with E-state index in [1.165, 1.54) is 6.92 Å². The van der Waals surface area contributed by atoms with E-state index in [1.807, 2.05) is 30.8 Å². The topological polar surface area (TPSA) is 71.1 Å². The standard InChI is InChI=1S/C22H27N3O4/c1-5-25(12-16-6-8-17(9-7-16)24(3)4)13-22(27)23-19-11-21-20(28-14-29-21)10-18(19)15(2)26/h6-11H,5,12-14H2,1-4H3,(H,23,27). The van der Waals surface area contributed by atoms with Crippen LogP contribution in [0.25, 0.3) is 0 Å². The molecule has 1 aliphatic heterocycles. The second-order valence-electron chi connectivity index (χ2n) is 7.22. The number of nitrogens with zero attached hydrogens (tertiary/aromatic N) is 2. The first-order valence-electron chi connectivity index (χ1n) is 9.60. The summed E-state index contributed by atoms with van der Waals surface area (Å²) in [5, 5.41) is 2.85.